The van der Waals surface area contributed by atoms with Crippen LogP contribution in [0.15, 0.2) is 77.7 Å². The summed E-state index contributed by atoms with van der Waals surface area (Å²) >= 11 is 0. The number of para-hydroxylation sites is 1. The highest BCUT2D eigenvalue weighted by molar-refractivity contribution is 5.94. The fourth-order valence-electron chi connectivity index (χ4n) is 5.45. The molecule has 0 atom stereocenters. The molecule has 2 aliphatic rings. The van der Waals surface area contributed by atoms with Gasteiger partial charge >= 0.3 is 5.97 Å². The zero-order valence-corrected chi connectivity index (χ0v) is 21.4. The fourth-order valence-corrected chi connectivity index (χ4v) is 5.45. The Hall–Kier alpha value is -4.37. The number of ether oxygens (including phenoxy) is 1. The molecule has 3 aromatic carbocycles. The van der Waals surface area contributed by atoms with Crippen molar-refractivity contribution in [1.29, 1.82) is 0 Å². The smallest absolute Gasteiger partial charge is 0.341 e. The Labute approximate surface area is 225 Å². The topological polar surface area (TPSA) is 78.2 Å². The molecule has 2 fully saturated rings. The summed E-state index contributed by atoms with van der Waals surface area (Å²) in [6, 6.07) is 20.7. The largest absolute Gasteiger partial charge is 0.477 e. The van der Waals surface area contributed by atoms with Crippen LogP contribution in [0.3, 0.4) is 0 Å². The summed E-state index contributed by atoms with van der Waals surface area (Å²) in [5.74, 6) is -1.88. The Kier molecular flexibility index (Phi) is 6.66. The van der Waals surface area contributed by atoms with Crippen LogP contribution in [0.4, 0.5) is 21.5 Å². The number of pyridine rings is 1. The van der Waals surface area contributed by atoms with Gasteiger partial charge in [0.25, 0.3) is 0 Å². The third-order valence-electron chi connectivity index (χ3n) is 7.53. The molecule has 6 rings (SSSR count). The minimum absolute atomic E-state index is 0.0378. The maximum Gasteiger partial charge on any atom is 0.341 e. The number of nitrogens with zero attached hydrogens (tertiary/aromatic N) is 4. The maximum absolute atomic E-state index is 15.5. The van der Waals surface area contributed by atoms with Gasteiger partial charge < -0.3 is 29.1 Å². The van der Waals surface area contributed by atoms with Gasteiger partial charge in [-0.2, -0.15) is 0 Å². The maximum atomic E-state index is 15.5. The van der Waals surface area contributed by atoms with E-state index in [0.29, 0.717) is 43.2 Å². The number of carbonyl (C=O) groups is 1. The number of morpholine rings is 1. The van der Waals surface area contributed by atoms with Crippen molar-refractivity contribution < 1.29 is 19.0 Å². The highest BCUT2D eigenvalue weighted by atomic mass is 19.1. The number of anilines is 3. The molecule has 2 aliphatic heterocycles. The first kappa shape index (κ1) is 24.9. The lowest BCUT2D eigenvalue weighted by Gasteiger charge is -2.37. The molecule has 39 heavy (non-hydrogen) atoms. The van der Waals surface area contributed by atoms with Crippen LogP contribution in [-0.4, -0.2) is 68.1 Å². The van der Waals surface area contributed by atoms with Gasteiger partial charge in [-0.15, -0.1) is 0 Å². The Balaban J connectivity index is 1.41. The van der Waals surface area contributed by atoms with Crippen LogP contribution in [-0.2, 0) is 4.74 Å². The van der Waals surface area contributed by atoms with Crippen LogP contribution in [0.5, 0.6) is 0 Å². The molecule has 3 heterocycles. The van der Waals surface area contributed by atoms with Crippen molar-refractivity contribution in [3.05, 3.63) is 94.5 Å². The molecule has 0 radical (unpaired) electrons. The number of hydrogen-bond acceptors (Lipinski definition) is 6. The number of halogens is 1. The molecule has 1 N–H and O–H groups in total. The summed E-state index contributed by atoms with van der Waals surface area (Å²) in [5.41, 5.74) is 2.56. The predicted molar refractivity (Wildman–Crippen MR) is 150 cm³/mol. The van der Waals surface area contributed by atoms with Gasteiger partial charge in [-0.3, -0.25) is 4.79 Å². The molecular weight excluding hydrogens is 499 g/mol. The average Bonchev–Trinajstić information content (AvgIpc) is 2.98. The first-order valence-corrected chi connectivity index (χ1v) is 13.1. The number of fused-ring (bicyclic) bond motifs is 1. The second-order valence-electron chi connectivity index (χ2n) is 9.80. The van der Waals surface area contributed by atoms with Gasteiger partial charge in [-0.1, -0.05) is 24.3 Å². The highest BCUT2D eigenvalue weighted by Gasteiger charge is 2.23. The molecule has 200 valence electrons. The van der Waals surface area contributed by atoms with Gasteiger partial charge in [-0.25, -0.2) is 9.18 Å². The molecule has 0 unspecified atom stereocenters. The standard InChI is InChI=1S/C30H29FN4O4/c31-26-18-24-27(19-28(26)34-11-9-32(10-12-34)21-5-2-1-3-6-21)35(20-25(29(24)36)30(37)38)23-8-4-7-22(17-23)33-13-15-39-16-14-33/h1-8,17-20H,9-16H2,(H,37,38). The number of benzene rings is 3. The number of hydrogen-bond donors (Lipinski definition) is 1. The van der Waals surface area contributed by atoms with Crippen LogP contribution in [0, 0.1) is 5.82 Å². The van der Waals surface area contributed by atoms with Gasteiger partial charge in [0, 0.05) is 67.9 Å². The van der Waals surface area contributed by atoms with E-state index in [4.69, 9.17) is 4.74 Å². The van der Waals surface area contributed by atoms with Gasteiger partial charge in [0.2, 0.25) is 5.43 Å². The SMILES string of the molecule is O=C(O)c1cn(-c2cccc(N3CCOCC3)c2)c2cc(N3CCN(c4ccccc4)CC3)c(F)cc2c1=O. The first-order chi connectivity index (χ1) is 19.0. The van der Waals surface area contributed by atoms with E-state index >= 15 is 4.39 Å². The Morgan fingerprint density at radius 1 is 0.769 bits per heavy atom. The molecule has 0 amide bonds. The van der Waals surface area contributed by atoms with Gasteiger partial charge in [0.1, 0.15) is 11.4 Å². The van der Waals surface area contributed by atoms with Crippen LogP contribution in [0.2, 0.25) is 0 Å². The number of piperazine rings is 1. The second-order valence-corrected chi connectivity index (χ2v) is 9.80. The zero-order chi connectivity index (χ0) is 26.9. The van der Waals surface area contributed by atoms with Gasteiger partial charge in [-0.05, 0) is 42.5 Å². The summed E-state index contributed by atoms with van der Waals surface area (Å²) in [6.07, 6.45) is 1.35. The number of carboxylic acid groups (broad SMARTS) is 1. The quantitative estimate of drug-likeness (QED) is 0.420. The minimum atomic E-state index is -1.35. The normalized spacial score (nSPS) is 16.1. The number of rotatable bonds is 5. The fraction of sp³-hybridized carbons (Fsp3) is 0.267. The van der Waals surface area contributed by atoms with E-state index in [1.807, 2.05) is 47.4 Å². The van der Waals surface area contributed by atoms with Crippen molar-refractivity contribution in [3.63, 3.8) is 0 Å². The van der Waals surface area contributed by atoms with Crippen molar-refractivity contribution in [2.24, 2.45) is 0 Å². The van der Waals surface area contributed by atoms with E-state index in [9.17, 15) is 14.7 Å². The molecule has 1 aromatic heterocycles. The third-order valence-corrected chi connectivity index (χ3v) is 7.53. The van der Waals surface area contributed by atoms with Crippen LogP contribution < -0.4 is 20.1 Å². The lowest BCUT2D eigenvalue weighted by molar-refractivity contribution is 0.0695. The van der Waals surface area contributed by atoms with Crippen molar-refractivity contribution in [2.45, 2.75) is 0 Å². The molecular formula is C30H29FN4O4. The monoisotopic (exact) mass is 528 g/mol. The van der Waals surface area contributed by atoms with E-state index < -0.39 is 22.8 Å². The summed E-state index contributed by atoms with van der Waals surface area (Å²) < 4.78 is 22.7. The summed E-state index contributed by atoms with van der Waals surface area (Å²) in [4.78, 5) is 31.5. The zero-order valence-electron chi connectivity index (χ0n) is 21.4. The minimum Gasteiger partial charge on any atom is -0.477 e. The summed E-state index contributed by atoms with van der Waals surface area (Å²) in [5, 5.41) is 9.80. The van der Waals surface area contributed by atoms with Crippen molar-refractivity contribution in [3.8, 4) is 5.69 Å². The molecule has 0 spiro atoms. The third kappa shape index (κ3) is 4.81. The molecule has 0 bridgehead atoms. The Morgan fingerprint density at radius 3 is 2.13 bits per heavy atom. The molecule has 0 aliphatic carbocycles. The molecule has 9 heteroatoms. The van der Waals surface area contributed by atoms with Crippen molar-refractivity contribution in [1.82, 2.24) is 4.57 Å². The Morgan fingerprint density at radius 2 is 1.41 bits per heavy atom. The molecule has 2 saturated heterocycles. The van der Waals surface area contributed by atoms with Crippen molar-refractivity contribution in [2.75, 3.05) is 67.2 Å². The van der Waals surface area contributed by atoms with E-state index in [1.54, 1.807) is 10.6 Å². The van der Waals surface area contributed by atoms with E-state index in [1.165, 1.54) is 12.3 Å². The average molecular weight is 529 g/mol. The predicted octanol–water partition coefficient (Wildman–Crippen LogP) is 3.99. The molecule has 0 saturated carbocycles. The summed E-state index contributed by atoms with van der Waals surface area (Å²) in [7, 11) is 0. The van der Waals surface area contributed by atoms with E-state index in [-0.39, 0.29) is 5.39 Å². The van der Waals surface area contributed by atoms with Gasteiger partial charge in [0.15, 0.2) is 0 Å². The van der Waals surface area contributed by atoms with E-state index in [2.05, 4.69) is 21.9 Å². The van der Waals surface area contributed by atoms with Crippen LogP contribution in [0.1, 0.15) is 10.4 Å². The first-order valence-electron chi connectivity index (χ1n) is 13.1. The van der Waals surface area contributed by atoms with Gasteiger partial charge in [0.05, 0.1) is 24.4 Å². The summed E-state index contributed by atoms with van der Waals surface area (Å²) in [6.45, 7) is 5.45. The Bertz CT molecular complexity index is 1580. The van der Waals surface area contributed by atoms with Crippen molar-refractivity contribution >= 4 is 33.9 Å². The van der Waals surface area contributed by atoms with Crippen LogP contribution in [0.25, 0.3) is 16.6 Å². The number of aromatic carboxylic acids is 1. The number of aromatic nitrogens is 1. The lowest BCUT2D eigenvalue weighted by Crippen LogP contribution is -2.46. The molecule has 4 aromatic rings. The number of carboxylic acids is 1. The highest BCUT2D eigenvalue weighted by Crippen LogP contribution is 2.30. The van der Waals surface area contributed by atoms with Crippen LogP contribution >= 0.6 is 0 Å². The lowest BCUT2D eigenvalue weighted by atomic mass is 10.1. The molecule has 8 nitrogen and oxygen atoms in total. The second kappa shape index (κ2) is 10.4. The van der Waals surface area contributed by atoms with E-state index in [0.717, 1.165) is 37.6 Å².